The number of carboxylic acid groups (broad SMARTS) is 1. The number of hydrogen-bond donors (Lipinski definition) is 10. The zero-order valence-electron chi connectivity index (χ0n) is 29.9. The second-order valence-corrected chi connectivity index (χ2v) is 18.2. The Labute approximate surface area is 321 Å². The third kappa shape index (κ3) is 12.8. The molecule has 0 aromatic carbocycles. The molecule has 3 heterocycles. The lowest BCUT2D eigenvalue weighted by Crippen LogP contribution is -2.46. The number of carbonyl (C=O) groups excluding carboxylic acids is 3. The highest BCUT2D eigenvalue weighted by molar-refractivity contribution is 8.13. The van der Waals surface area contributed by atoms with Gasteiger partial charge in [-0.3, -0.25) is 37.3 Å². The third-order valence-corrected chi connectivity index (χ3v) is 12.1. The lowest BCUT2D eigenvalue weighted by atomic mass is 9.87. The Morgan fingerprint density at radius 3 is 2.34 bits per heavy atom. The molecule has 26 nitrogen and oxygen atoms in total. The topological polar surface area (TPSA) is 401 Å². The highest BCUT2D eigenvalue weighted by Gasteiger charge is 2.57. The number of aliphatic carboxylic acids is 1. The number of nitrogens with zero attached hydrogens (tertiary/aromatic N) is 4. The summed E-state index contributed by atoms with van der Waals surface area (Å²) in [5.41, 5.74) is 2.22. The van der Waals surface area contributed by atoms with E-state index in [0.29, 0.717) is 0 Å². The lowest BCUT2D eigenvalue weighted by Gasteiger charge is -2.30. The molecule has 1 aliphatic heterocycles. The number of phosphoric ester groups is 3. The number of fused-ring (bicyclic) bond motifs is 1. The Bertz CT molecular complexity index is 1920. The number of ether oxygens (including phenoxy) is 1. The van der Waals surface area contributed by atoms with Crippen LogP contribution in [0.4, 0.5) is 5.82 Å². The molecule has 11 N–H and O–H groups in total. The minimum Gasteiger partial charge on any atom is -0.481 e. The standard InChI is InChI=1S/C26H42N7O19P3S/c1-13(23(38)39)24(40)56-8-7-28-15(34)5-6-29-22(37)19(36)25(2,3)10-49-55(46,47)52-54(44,45)48-9-14-17(51-53(41,42)43)18(35)26(4,50-14)33-12-32-16-20(27)30-11-31-21(16)33/h11-14,17-19,35-36H,5-10H2,1-4H3,(H,28,34)(H,29,37)(H,38,39)(H,44,45)(H,46,47)(H2,27,30,31)(H2,41,42,43). The fraction of sp³-hybridized carbons (Fsp3) is 0.654. The molecule has 2 aromatic heterocycles. The zero-order chi connectivity index (χ0) is 42.4. The number of aromatic nitrogens is 4. The van der Waals surface area contributed by atoms with E-state index in [-0.39, 0.29) is 42.2 Å². The summed E-state index contributed by atoms with van der Waals surface area (Å²) >= 11 is 0.726. The molecule has 316 valence electrons. The number of aliphatic hydroxyl groups excluding tert-OH is 2. The van der Waals surface area contributed by atoms with Gasteiger partial charge in [-0.25, -0.2) is 28.6 Å². The highest BCUT2D eigenvalue weighted by Crippen LogP contribution is 2.61. The number of phosphoric acid groups is 3. The number of anilines is 1. The number of nitrogens with one attached hydrogen (secondary N) is 2. The Hall–Kier alpha value is -2.97. The number of hydrogen-bond acceptors (Lipinski definition) is 19. The predicted octanol–water partition coefficient (Wildman–Crippen LogP) is -1.44. The van der Waals surface area contributed by atoms with Gasteiger partial charge >= 0.3 is 29.4 Å². The lowest BCUT2D eigenvalue weighted by molar-refractivity contribution is -0.143. The van der Waals surface area contributed by atoms with E-state index in [0.717, 1.165) is 29.0 Å². The van der Waals surface area contributed by atoms with Gasteiger partial charge in [-0.05, 0) is 13.8 Å². The van der Waals surface area contributed by atoms with Crippen molar-refractivity contribution in [1.29, 1.82) is 0 Å². The average molecular weight is 882 g/mol. The smallest absolute Gasteiger partial charge is 0.481 e. The largest absolute Gasteiger partial charge is 0.481 e. The van der Waals surface area contributed by atoms with Gasteiger partial charge in [0.05, 0.1) is 19.5 Å². The van der Waals surface area contributed by atoms with E-state index in [2.05, 4.69) is 34.4 Å². The van der Waals surface area contributed by atoms with Crippen LogP contribution in [0.2, 0.25) is 0 Å². The molecule has 0 bridgehead atoms. The number of carbonyl (C=O) groups is 4. The number of imidazole rings is 1. The maximum atomic E-state index is 12.7. The van der Waals surface area contributed by atoms with Crippen LogP contribution in [0, 0.1) is 11.3 Å². The molecule has 0 spiro atoms. The van der Waals surface area contributed by atoms with Crippen molar-refractivity contribution in [2.75, 3.05) is 37.8 Å². The van der Waals surface area contributed by atoms with Crippen LogP contribution < -0.4 is 16.4 Å². The van der Waals surface area contributed by atoms with Crippen LogP contribution in [0.5, 0.6) is 0 Å². The van der Waals surface area contributed by atoms with Crippen molar-refractivity contribution < 1.29 is 90.4 Å². The summed E-state index contributed by atoms with van der Waals surface area (Å²) in [7, 11) is -16.5. The van der Waals surface area contributed by atoms with Gasteiger partial charge in [0.2, 0.25) is 16.9 Å². The summed E-state index contributed by atoms with van der Waals surface area (Å²) in [6.07, 6.45) is -5.70. The highest BCUT2D eigenvalue weighted by atomic mass is 32.2. The predicted molar refractivity (Wildman–Crippen MR) is 189 cm³/mol. The molecular formula is C26H42N7O19P3S. The van der Waals surface area contributed by atoms with Crippen molar-refractivity contribution in [1.82, 2.24) is 30.2 Å². The number of carboxylic acids is 1. The average Bonchev–Trinajstić information content (AvgIpc) is 3.63. The quantitative estimate of drug-likeness (QED) is 0.0390. The molecule has 8 atom stereocenters. The molecule has 3 rings (SSSR count). The summed E-state index contributed by atoms with van der Waals surface area (Å²) in [5.74, 6) is -4.02. The zero-order valence-corrected chi connectivity index (χ0v) is 33.4. The molecule has 0 saturated carbocycles. The van der Waals surface area contributed by atoms with Crippen LogP contribution in [0.3, 0.4) is 0 Å². The van der Waals surface area contributed by atoms with E-state index in [4.69, 9.17) is 24.6 Å². The number of thioether (sulfide) groups is 1. The van der Waals surface area contributed by atoms with Crippen molar-refractivity contribution in [2.24, 2.45) is 11.3 Å². The van der Waals surface area contributed by atoms with Crippen LogP contribution >= 0.6 is 35.2 Å². The SMILES string of the molecule is CC(C(=O)O)C(=O)SCCNC(=O)CCNC(=O)C(O)C(C)(C)COP(=O)(O)OP(=O)(O)OCC1OC(C)(n2cnc3c(N)ncnc32)C(O)C1OP(=O)(O)O. The first-order valence-corrected chi connectivity index (χ1v) is 21.5. The molecule has 56 heavy (non-hydrogen) atoms. The number of nitrogens with two attached hydrogens (primary N) is 1. The van der Waals surface area contributed by atoms with Crippen LogP contribution in [0.1, 0.15) is 34.1 Å². The van der Waals surface area contributed by atoms with Gasteiger partial charge in [0.25, 0.3) is 0 Å². The molecule has 2 aromatic rings. The minimum absolute atomic E-state index is 0.00672. The van der Waals surface area contributed by atoms with E-state index >= 15 is 0 Å². The molecule has 2 amide bonds. The van der Waals surface area contributed by atoms with E-state index in [1.807, 2.05) is 0 Å². The third-order valence-electron chi connectivity index (χ3n) is 7.96. The summed E-state index contributed by atoms with van der Waals surface area (Å²) < 4.78 is 62.5. The van der Waals surface area contributed by atoms with Gasteiger partial charge in [0, 0.05) is 30.7 Å². The molecule has 1 saturated heterocycles. The fourth-order valence-corrected chi connectivity index (χ4v) is 8.40. The molecule has 30 heteroatoms. The maximum absolute atomic E-state index is 12.7. The molecule has 0 aliphatic carbocycles. The first-order valence-electron chi connectivity index (χ1n) is 16.0. The summed E-state index contributed by atoms with van der Waals surface area (Å²) in [6.45, 7) is 2.56. The summed E-state index contributed by atoms with van der Waals surface area (Å²) in [5, 5.41) is 34.6. The van der Waals surface area contributed by atoms with Crippen molar-refractivity contribution >= 4 is 75.1 Å². The number of amides is 2. The van der Waals surface area contributed by atoms with Crippen molar-refractivity contribution in [2.45, 2.75) is 64.3 Å². The molecule has 1 fully saturated rings. The van der Waals surface area contributed by atoms with E-state index in [9.17, 15) is 62.7 Å². The normalized spacial score (nSPS) is 23.5. The Morgan fingerprint density at radius 1 is 1.07 bits per heavy atom. The fourth-order valence-electron chi connectivity index (χ4n) is 4.82. The Kier molecular flexibility index (Phi) is 15.9. The monoisotopic (exact) mass is 881 g/mol. The molecular weight excluding hydrogens is 839 g/mol. The van der Waals surface area contributed by atoms with Gasteiger partial charge in [0.1, 0.15) is 42.2 Å². The van der Waals surface area contributed by atoms with E-state index in [1.54, 1.807) is 0 Å². The van der Waals surface area contributed by atoms with E-state index < -0.39 is 101 Å². The molecule has 1 aliphatic rings. The van der Waals surface area contributed by atoms with Gasteiger partial charge in [-0.15, -0.1) is 0 Å². The molecule has 0 radical (unpaired) electrons. The number of nitrogen functional groups attached to an aromatic ring is 1. The van der Waals surface area contributed by atoms with Crippen LogP contribution in [-0.4, -0.2) is 134 Å². The van der Waals surface area contributed by atoms with Crippen molar-refractivity contribution in [3.05, 3.63) is 12.7 Å². The van der Waals surface area contributed by atoms with Crippen molar-refractivity contribution in [3.63, 3.8) is 0 Å². The molecule has 8 unspecified atom stereocenters. The van der Waals surface area contributed by atoms with Crippen LogP contribution in [-0.2, 0) is 61.2 Å². The van der Waals surface area contributed by atoms with E-state index in [1.165, 1.54) is 27.7 Å². The Morgan fingerprint density at radius 2 is 1.71 bits per heavy atom. The Balaban J connectivity index is 1.53. The maximum Gasteiger partial charge on any atom is 0.481 e. The van der Waals surface area contributed by atoms with Gasteiger partial charge < -0.3 is 56.0 Å². The minimum atomic E-state index is -5.61. The second kappa shape index (κ2) is 18.7. The first kappa shape index (κ1) is 47.4. The summed E-state index contributed by atoms with van der Waals surface area (Å²) in [4.78, 5) is 98.2. The van der Waals surface area contributed by atoms with Gasteiger partial charge in [-0.2, -0.15) is 4.31 Å². The van der Waals surface area contributed by atoms with Crippen LogP contribution in [0.15, 0.2) is 12.7 Å². The van der Waals surface area contributed by atoms with Gasteiger partial charge in [-0.1, -0.05) is 25.6 Å². The van der Waals surface area contributed by atoms with Gasteiger partial charge in [0.15, 0.2) is 17.2 Å². The second-order valence-electron chi connectivity index (χ2n) is 12.9. The first-order chi connectivity index (χ1) is 25.7. The number of rotatable bonds is 21. The summed E-state index contributed by atoms with van der Waals surface area (Å²) in [6, 6.07) is 0. The van der Waals surface area contributed by atoms with Crippen LogP contribution in [0.25, 0.3) is 11.2 Å². The number of aliphatic hydroxyl groups is 2. The van der Waals surface area contributed by atoms with Crippen molar-refractivity contribution in [3.8, 4) is 0 Å².